The summed E-state index contributed by atoms with van der Waals surface area (Å²) in [5, 5.41) is 6.09. The number of hydrogen-bond donors (Lipinski definition) is 1. The molecule has 2 amide bonds. The second-order valence-corrected chi connectivity index (χ2v) is 8.47. The van der Waals surface area contributed by atoms with Crippen LogP contribution < -0.4 is 15.0 Å². The molecule has 0 bridgehead atoms. The Kier molecular flexibility index (Phi) is 6.32. The number of hydrogen-bond acceptors (Lipinski definition) is 5. The molecule has 1 aliphatic heterocycles. The highest BCUT2D eigenvalue weighted by Crippen LogP contribution is 2.36. The lowest BCUT2D eigenvalue weighted by Gasteiger charge is -2.29. The summed E-state index contributed by atoms with van der Waals surface area (Å²) in [6.07, 6.45) is 1.99. The van der Waals surface area contributed by atoms with Crippen LogP contribution in [-0.2, 0) is 16.0 Å². The lowest BCUT2D eigenvalue weighted by Crippen LogP contribution is -2.45. The van der Waals surface area contributed by atoms with Gasteiger partial charge in [0.1, 0.15) is 12.3 Å². The van der Waals surface area contributed by atoms with Crippen molar-refractivity contribution in [2.45, 2.75) is 32.7 Å². The molecule has 0 saturated carbocycles. The van der Waals surface area contributed by atoms with Crippen molar-refractivity contribution in [3.8, 4) is 17.0 Å². The molecule has 1 aliphatic rings. The number of aromatic nitrogens is 1. The number of rotatable bonds is 7. The molecular weight excluding hydrogens is 410 g/mol. The van der Waals surface area contributed by atoms with Gasteiger partial charge in [-0.25, -0.2) is 4.98 Å². The lowest BCUT2D eigenvalue weighted by molar-refractivity contribution is -0.125. The molecule has 160 valence electrons. The average Bonchev–Trinajstić information content (AvgIpc) is 3.25. The molecule has 0 saturated heterocycles. The van der Waals surface area contributed by atoms with Crippen molar-refractivity contribution in [3.05, 3.63) is 64.5 Å². The van der Waals surface area contributed by atoms with Gasteiger partial charge in [0.15, 0.2) is 6.61 Å². The van der Waals surface area contributed by atoms with Crippen molar-refractivity contribution in [2.75, 3.05) is 18.1 Å². The first-order chi connectivity index (χ1) is 15.0. The Bertz CT molecular complexity index is 1080. The first-order valence-corrected chi connectivity index (χ1v) is 11.3. The first-order valence-electron chi connectivity index (χ1n) is 10.4. The third-order valence-corrected chi connectivity index (χ3v) is 6.10. The van der Waals surface area contributed by atoms with Crippen molar-refractivity contribution in [3.63, 3.8) is 0 Å². The zero-order valence-electron chi connectivity index (χ0n) is 17.6. The number of anilines is 1. The molecule has 1 N–H and O–H groups in total. The van der Waals surface area contributed by atoms with Crippen LogP contribution in [0.1, 0.15) is 36.9 Å². The second-order valence-electron chi connectivity index (χ2n) is 7.53. The number of aryl methyl sites for hydroxylation is 1. The molecule has 3 aromatic rings. The lowest BCUT2D eigenvalue weighted by atomic mass is 10.1. The van der Waals surface area contributed by atoms with Gasteiger partial charge in [-0.1, -0.05) is 37.3 Å². The molecule has 0 radical (unpaired) electrons. The molecule has 1 aromatic heterocycles. The van der Waals surface area contributed by atoms with E-state index in [1.165, 1.54) is 4.90 Å². The van der Waals surface area contributed by atoms with Gasteiger partial charge < -0.3 is 10.1 Å². The molecule has 0 fully saturated rings. The van der Waals surface area contributed by atoms with Crippen LogP contribution in [0.25, 0.3) is 11.3 Å². The standard InChI is InChI=1S/C24H25N3O3S/c1-3-7-23-26-19(15-31-23)18-10-11-21-20(12-18)27(24(29)14-30-21)13-22(28)25-16(2)17-8-5-4-6-9-17/h4-6,8-12,15-16H,3,7,13-14H2,1-2H3,(H,25,28). The quantitative estimate of drug-likeness (QED) is 0.598. The minimum Gasteiger partial charge on any atom is -0.482 e. The Morgan fingerprint density at radius 1 is 1.26 bits per heavy atom. The van der Waals surface area contributed by atoms with Crippen LogP contribution >= 0.6 is 11.3 Å². The zero-order chi connectivity index (χ0) is 21.8. The molecule has 2 heterocycles. The molecule has 4 rings (SSSR count). The molecule has 1 atom stereocenters. The van der Waals surface area contributed by atoms with E-state index in [0.717, 1.165) is 34.7 Å². The van der Waals surface area contributed by atoms with Gasteiger partial charge >= 0.3 is 0 Å². The maximum atomic E-state index is 12.7. The Labute approximate surface area is 185 Å². The smallest absolute Gasteiger partial charge is 0.265 e. The van der Waals surface area contributed by atoms with Gasteiger partial charge in [-0.05, 0) is 43.5 Å². The summed E-state index contributed by atoms with van der Waals surface area (Å²) in [7, 11) is 0. The highest BCUT2D eigenvalue weighted by molar-refractivity contribution is 7.09. The topological polar surface area (TPSA) is 71.5 Å². The predicted octanol–water partition coefficient (Wildman–Crippen LogP) is 4.37. The van der Waals surface area contributed by atoms with Crippen molar-refractivity contribution in [1.29, 1.82) is 0 Å². The Hall–Kier alpha value is -3.19. The van der Waals surface area contributed by atoms with Crippen molar-refractivity contribution < 1.29 is 14.3 Å². The summed E-state index contributed by atoms with van der Waals surface area (Å²) in [5.74, 6) is 0.134. The summed E-state index contributed by atoms with van der Waals surface area (Å²) in [5.41, 5.74) is 3.38. The monoisotopic (exact) mass is 435 g/mol. The number of ether oxygens (including phenoxy) is 1. The van der Waals surface area contributed by atoms with Gasteiger partial charge in [-0.2, -0.15) is 0 Å². The number of carbonyl (C=O) groups is 2. The van der Waals surface area contributed by atoms with E-state index in [9.17, 15) is 9.59 Å². The summed E-state index contributed by atoms with van der Waals surface area (Å²) in [6.45, 7) is 3.92. The fraction of sp³-hybridized carbons (Fsp3) is 0.292. The van der Waals surface area contributed by atoms with Gasteiger partial charge in [0.2, 0.25) is 5.91 Å². The fourth-order valence-electron chi connectivity index (χ4n) is 3.56. The van der Waals surface area contributed by atoms with E-state index in [-0.39, 0.29) is 31.0 Å². The Balaban J connectivity index is 1.53. The van der Waals surface area contributed by atoms with Crippen LogP contribution in [-0.4, -0.2) is 29.9 Å². The van der Waals surface area contributed by atoms with Gasteiger partial charge in [0.05, 0.1) is 22.4 Å². The van der Waals surface area contributed by atoms with Crippen LogP contribution in [0.5, 0.6) is 5.75 Å². The Morgan fingerprint density at radius 3 is 2.84 bits per heavy atom. The van der Waals surface area contributed by atoms with Gasteiger partial charge in [0.25, 0.3) is 5.91 Å². The summed E-state index contributed by atoms with van der Waals surface area (Å²) in [6, 6.07) is 15.3. The van der Waals surface area contributed by atoms with Crippen LogP contribution in [0.3, 0.4) is 0 Å². The maximum absolute atomic E-state index is 12.7. The predicted molar refractivity (Wildman–Crippen MR) is 122 cm³/mol. The zero-order valence-corrected chi connectivity index (χ0v) is 18.4. The number of carbonyl (C=O) groups excluding carboxylic acids is 2. The number of nitrogens with one attached hydrogen (secondary N) is 1. The molecule has 0 spiro atoms. The van der Waals surface area contributed by atoms with Crippen LogP contribution in [0, 0.1) is 0 Å². The second kappa shape index (κ2) is 9.31. The number of fused-ring (bicyclic) bond motifs is 1. The normalized spacial score (nSPS) is 14.0. The summed E-state index contributed by atoms with van der Waals surface area (Å²) in [4.78, 5) is 31.5. The molecule has 7 heteroatoms. The first kappa shape index (κ1) is 21.1. The maximum Gasteiger partial charge on any atom is 0.265 e. The average molecular weight is 436 g/mol. The number of nitrogens with zero attached hydrogens (tertiary/aromatic N) is 2. The third-order valence-electron chi connectivity index (χ3n) is 5.19. The largest absolute Gasteiger partial charge is 0.482 e. The minimum atomic E-state index is -0.239. The Morgan fingerprint density at radius 2 is 2.06 bits per heavy atom. The summed E-state index contributed by atoms with van der Waals surface area (Å²) >= 11 is 1.64. The van der Waals surface area contributed by atoms with E-state index in [1.807, 2.05) is 60.8 Å². The van der Waals surface area contributed by atoms with Crippen LogP contribution in [0.15, 0.2) is 53.9 Å². The number of benzene rings is 2. The van der Waals surface area contributed by atoms with E-state index in [2.05, 4.69) is 12.2 Å². The number of thiazole rings is 1. The SMILES string of the molecule is CCCc1nc(-c2ccc3c(c2)N(CC(=O)NC(C)c2ccccc2)C(=O)CO3)cs1. The van der Waals surface area contributed by atoms with Crippen molar-refractivity contribution in [1.82, 2.24) is 10.3 Å². The minimum absolute atomic E-state index is 0.0615. The van der Waals surface area contributed by atoms with Crippen LogP contribution in [0.4, 0.5) is 5.69 Å². The van der Waals surface area contributed by atoms with Gasteiger partial charge in [-0.15, -0.1) is 11.3 Å². The van der Waals surface area contributed by atoms with Gasteiger partial charge in [-0.3, -0.25) is 14.5 Å². The van der Waals surface area contributed by atoms with Gasteiger partial charge in [0, 0.05) is 10.9 Å². The van der Waals surface area contributed by atoms with E-state index >= 15 is 0 Å². The summed E-state index contributed by atoms with van der Waals surface area (Å²) < 4.78 is 5.59. The van der Waals surface area contributed by atoms with E-state index in [1.54, 1.807) is 11.3 Å². The molecule has 2 aromatic carbocycles. The van der Waals surface area contributed by atoms with Crippen molar-refractivity contribution >= 4 is 28.8 Å². The molecule has 1 unspecified atom stereocenters. The highest BCUT2D eigenvalue weighted by atomic mass is 32.1. The molecular formula is C24H25N3O3S. The molecule has 6 nitrogen and oxygen atoms in total. The van der Waals surface area contributed by atoms with E-state index < -0.39 is 0 Å². The molecule has 31 heavy (non-hydrogen) atoms. The number of amides is 2. The van der Waals surface area contributed by atoms with Crippen LogP contribution in [0.2, 0.25) is 0 Å². The third kappa shape index (κ3) is 4.77. The highest BCUT2D eigenvalue weighted by Gasteiger charge is 2.28. The van der Waals surface area contributed by atoms with E-state index in [0.29, 0.717) is 11.4 Å². The fourth-order valence-corrected chi connectivity index (χ4v) is 4.47. The molecule has 0 aliphatic carbocycles. The van der Waals surface area contributed by atoms with Crippen molar-refractivity contribution in [2.24, 2.45) is 0 Å². The van der Waals surface area contributed by atoms with E-state index in [4.69, 9.17) is 9.72 Å².